The fourth-order valence-electron chi connectivity index (χ4n) is 2.33. The number of halogens is 2. The number of hydrogen-bond donors (Lipinski definition) is 1. The van der Waals surface area contributed by atoms with E-state index < -0.39 is 17.5 Å². The number of nitrogens with one attached hydrogen (secondary N) is 1. The van der Waals surface area contributed by atoms with Crippen LogP contribution in [0.3, 0.4) is 0 Å². The van der Waals surface area contributed by atoms with Gasteiger partial charge < -0.3 is 10.1 Å². The predicted octanol–water partition coefficient (Wildman–Crippen LogP) is 3.17. The Balaban J connectivity index is 1.58. The van der Waals surface area contributed by atoms with Gasteiger partial charge in [0.05, 0.1) is 5.56 Å². The minimum atomic E-state index is -0.688. The lowest BCUT2D eigenvalue weighted by molar-refractivity contribution is 0.0949. The molecule has 1 aromatic carbocycles. The summed E-state index contributed by atoms with van der Waals surface area (Å²) >= 11 is 1.84. The summed E-state index contributed by atoms with van der Waals surface area (Å²) in [6.45, 7) is -0.227. The van der Waals surface area contributed by atoms with E-state index in [2.05, 4.69) is 10.3 Å². The van der Waals surface area contributed by atoms with Gasteiger partial charge in [0.2, 0.25) is 5.88 Å². The number of carbonyl (C=O) groups excluding carboxylic acids is 1. The number of amides is 1. The van der Waals surface area contributed by atoms with Gasteiger partial charge in [-0.05, 0) is 30.4 Å². The number of benzene rings is 1. The first-order chi connectivity index (χ1) is 11.6. The third-order valence-corrected chi connectivity index (χ3v) is 4.79. The van der Waals surface area contributed by atoms with Crippen LogP contribution in [0.25, 0.3) is 0 Å². The average Bonchev–Trinajstić information content (AvgIpc) is 3.08. The first kappa shape index (κ1) is 16.7. The molecule has 1 aromatic heterocycles. The van der Waals surface area contributed by atoms with E-state index in [1.807, 2.05) is 11.8 Å². The molecule has 1 aliphatic heterocycles. The molecule has 7 heteroatoms. The standard InChI is InChI=1S/C17H16F2N2O2S/c18-14-2-1-3-15(19)13(14)9-21-17(22)11-4-5-16(20-8-11)23-12-6-7-24-10-12/h1-5,8,12H,6-7,9-10H2,(H,21,22). The Morgan fingerprint density at radius 2 is 2.08 bits per heavy atom. The SMILES string of the molecule is O=C(NCc1c(F)cccc1F)c1ccc(OC2CCSC2)nc1. The summed E-state index contributed by atoms with van der Waals surface area (Å²) in [5, 5.41) is 2.49. The molecule has 2 heterocycles. The van der Waals surface area contributed by atoms with Crippen LogP contribution in [0.1, 0.15) is 22.3 Å². The molecule has 1 saturated heterocycles. The van der Waals surface area contributed by atoms with Gasteiger partial charge in [-0.3, -0.25) is 4.79 Å². The molecule has 126 valence electrons. The van der Waals surface area contributed by atoms with Crippen molar-refractivity contribution >= 4 is 17.7 Å². The highest BCUT2D eigenvalue weighted by Gasteiger charge is 2.18. The van der Waals surface area contributed by atoms with E-state index in [0.717, 1.165) is 30.1 Å². The lowest BCUT2D eigenvalue weighted by Crippen LogP contribution is -2.24. The Hall–Kier alpha value is -2.15. The van der Waals surface area contributed by atoms with Gasteiger partial charge in [0.15, 0.2) is 0 Å². The van der Waals surface area contributed by atoms with Crippen molar-refractivity contribution in [3.63, 3.8) is 0 Å². The van der Waals surface area contributed by atoms with Crippen molar-refractivity contribution in [3.05, 3.63) is 59.3 Å². The van der Waals surface area contributed by atoms with Crippen LogP contribution in [0.2, 0.25) is 0 Å². The van der Waals surface area contributed by atoms with Crippen molar-refractivity contribution in [2.24, 2.45) is 0 Å². The fraction of sp³-hybridized carbons (Fsp3) is 0.294. The zero-order chi connectivity index (χ0) is 16.9. The van der Waals surface area contributed by atoms with Crippen molar-refractivity contribution in [1.29, 1.82) is 0 Å². The number of rotatable bonds is 5. The summed E-state index contributed by atoms with van der Waals surface area (Å²) < 4.78 is 32.8. The van der Waals surface area contributed by atoms with Crippen molar-refractivity contribution in [2.45, 2.75) is 19.1 Å². The van der Waals surface area contributed by atoms with E-state index in [0.29, 0.717) is 11.4 Å². The Kier molecular flexibility index (Phi) is 5.30. The second-order valence-electron chi connectivity index (χ2n) is 5.37. The van der Waals surface area contributed by atoms with Crippen LogP contribution in [0, 0.1) is 11.6 Å². The molecule has 1 unspecified atom stereocenters. The molecule has 0 bridgehead atoms. The predicted molar refractivity (Wildman–Crippen MR) is 88.1 cm³/mol. The highest BCUT2D eigenvalue weighted by Crippen LogP contribution is 2.22. The Bertz CT molecular complexity index is 699. The maximum absolute atomic E-state index is 13.5. The summed E-state index contributed by atoms with van der Waals surface area (Å²) in [7, 11) is 0. The third-order valence-electron chi connectivity index (χ3n) is 3.66. The largest absolute Gasteiger partial charge is 0.473 e. The van der Waals surface area contributed by atoms with Gasteiger partial charge in [0.25, 0.3) is 5.91 Å². The number of carbonyl (C=O) groups is 1. The van der Waals surface area contributed by atoms with Crippen LogP contribution < -0.4 is 10.1 Å². The van der Waals surface area contributed by atoms with Crippen molar-refractivity contribution in [2.75, 3.05) is 11.5 Å². The normalized spacial score (nSPS) is 16.8. The molecule has 0 radical (unpaired) electrons. The summed E-state index contributed by atoms with van der Waals surface area (Å²) in [6, 6.07) is 6.79. The third kappa shape index (κ3) is 4.03. The Labute approximate surface area is 142 Å². The molecule has 3 rings (SSSR count). The van der Waals surface area contributed by atoms with E-state index in [4.69, 9.17) is 4.74 Å². The molecule has 4 nitrogen and oxygen atoms in total. The van der Waals surface area contributed by atoms with Crippen molar-refractivity contribution < 1.29 is 18.3 Å². The number of pyridine rings is 1. The molecular formula is C17H16F2N2O2S. The van der Waals surface area contributed by atoms with Gasteiger partial charge in [-0.15, -0.1) is 0 Å². The van der Waals surface area contributed by atoms with Gasteiger partial charge in [-0.2, -0.15) is 11.8 Å². The van der Waals surface area contributed by atoms with Crippen LogP contribution in [0.5, 0.6) is 5.88 Å². The monoisotopic (exact) mass is 350 g/mol. The Morgan fingerprint density at radius 3 is 2.71 bits per heavy atom. The molecular weight excluding hydrogens is 334 g/mol. The minimum absolute atomic E-state index is 0.159. The molecule has 24 heavy (non-hydrogen) atoms. The van der Waals surface area contributed by atoms with Gasteiger partial charge in [0.1, 0.15) is 17.7 Å². The summed E-state index contributed by atoms with van der Waals surface area (Å²) in [4.78, 5) is 16.2. The van der Waals surface area contributed by atoms with E-state index in [1.54, 1.807) is 12.1 Å². The number of thioether (sulfide) groups is 1. The van der Waals surface area contributed by atoms with Crippen LogP contribution >= 0.6 is 11.8 Å². The molecule has 1 amide bonds. The van der Waals surface area contributed by atoms with Crippen LogP contribution in [-0.2, 0) is 6.54 Å². The van der Waals surface area contributed by atoms with E-state index in [-0.39, 0.29) is 18.2 Å². The number of ether oxygens (including phenoxy) is 1. The summed E-state index contributed by atoms with van der Waals surface area (Å²) in [5.41, 5.74) is 0.136. The highest BCUT2D eigenvalue weighted by atomic mass is 32.2. The van der Waals surface area contributed by atoms with Gasteiger partial charge >= 0.3 is 0 Å². The highest BCUT2D eigenvalue weighted by molar-refractivity contribution is 7.99. The summed E-state index contributed by atoms with van der Waals surface area (Å²) in [6.07, 6.45) is 2.54. The van der Waals surface area contributed by atoms with Gasteiger partial charge in [0, 0.05) is 30.1 Å². The van der Waals surface area contributed by atoms with Gasteiger partial charge in [-0.25, -0.2) is 13.8 Å². The quantitative estimate of drug-likeness (QED) is 0.900. The van der Waals surface area contributed by atoms with Crippen molar-refractivity contribution in [1.82, 2.24) is 10.3 Å². The molecule has 1 atom stereocenters. The second-order valence-corrected chi connectivity index (χ2v) is 6.52. The molecule has 0 aliphatic carbocycles. The first-order valence-electron chi connectivity index (χ1n) is 7.55. The molecule has 1 aliphatic rings. The number of aromatic nitrogens is 1. The topological polar surface area (TPSA) is 51.2 Å². The average molecular weight is 350 g/mol. The molecule has 1 N–H and O–H groups in total. The molecule has 0 spiro atoms. The van der Waals surface area contributed by atoms with Crippen LogP contribution in [-0.4, -0.2) is 28.5 Å². The molecule has 1 fully saturated rings. The maximum Gasteiger partial charge on any atom is 0.253 e. The minimum Gasteiger partial charge on any atom is -0.473 e. The van der Waals surface area contributed by atoms with E-state index in [1.165, 1.54) is 12.3 Å². The van der Waals surface area contributed by atoms with Crippen LogP contribution in [0.4, 0.5) is 8.78 Å². The lowest BCUT2D eigenvalue weighted by Gasteiger charge is -2.11. The number of nitrogens with zero attached hydrogens (tertiary/aromatic N) is 1. The van der Waals surface area contributed by atoms with Crippen LogP contribution in [0.15, 0.2) is 36.5 Å². The smallest absolute Gasteiger partial charge is 0.253 e. The maximum atomic E-state index is 13.5. The van der Waals surface area contributed by atoms with Gasteiger partial charge in [-0.1, -0.05) is 6.07 Å². The van der Waals surface area contributed by atoms with E-state index in [9.17, 15) is 13.6 Å². The van der Waals surface area contributed by atoms with E-state index >= 15 is 0 Å². The fourth-order valence-corrected chi connectivity index (χ4v) is 3.43. The Morgan fingerprint density at radius 1 is 1.29 bits per heavy atom. The molecule has 0 saturated carbocycles. The first-order valence-corrected chi connectivity index (χ1v) is 8.70. The van der Waals surface area contributed by atoms with Crippen molar-refractivity contribution in [3.8, 4) is 5.88 Å². The zero-order valence-corrected chi connectivity index (χ0v) is 13.6. The zero-order valence-electron chi connectivity index (χ0n) is 12.8. The number of hydrogen-bond acceptors (Lipinski definition) is 4. The summed E-state index contributed by atoms with van der Waals surface area (Å²) in [5.74, 6) is 0.668. The lowest BCUT2D eigenvalue weighted by atomic mass is 10.2. The molecule has 2 aromatic rings. The second kappa shape index (κ2) is 7.61.